The summed E-state index contributed by atoms with van der Waals surface area (Å²) in [5.41, 5.74) is 0.962. The van der Waals surface area contributed by atoms with E-state index in [1.54, 1.807) is 0 Å². The molecule has 0 unspecified atom stereocenters. The van der Waals surface area contributed by atoms with Crippen LogP contribution in [0.5, 0.6) is 0 Å². The fourth-order valence-electron chi connectivity index (χ4n) is 4.13. The quantitative estimate of drug-likeness (QED) is 0.172. The van der Waals surface area contributed by atoms with Gasteiger partial charge in [-0.05, 0) is 31.5 Å². The maximum atomic E-state index is 15.3. The summed E-state index contributed by atoms with van der Waals surface area (Å²) in [6.07, 6.45) is 2.91. The van der Waals surface area contributed by atoms with Gasteiger partial charge in [-0.3, -0.25) is 8.71 Å². The highest BCUT2D eigenvalue weighted by Gasteiger charge is 2.35. The van der Waals surface area contributed by atoms with E-state index in [9.17, 15) is 26.0 Å². The average Bonchev–Trinajstić information content (AvgIpc) is 3.37. The average molecular weight is 548 g/mol. The largest absolute Gasteiger partial charge is 0.338 e. The monoisotopic (exact) mass is 547 g/mol. The van der Waals surface area contributed by atoms with Gasteiger partial charge in [0.15, 0.2) is 29.1 Å². The molecule has 0 bridgehead atoms. The molecule has 0 aliphatic rings. The molecule has 1 N–H and O–H groups in total. The Morgan fingerprint density at radius 2 is 1.61 bits per heavy atom. The van der Waals surface area contributed by atoms with E-state index in [2.05, 4.69) is 15.3 Å². The van der Waals surface area contributed by atoms with E-state index in [4.69, 9.17) is 0 Å². The number of para-hydroxylation sites is 1. The van der Waals surface area contributed by atoms with Crippen LogP contribution < -0.4 is 9.62 Å². The summed E-state index contributed by atoms with van der Waals surface area (Å²) in [5.74, 6) is -9.14. The predicted octanol–water partition coefficient (Wildman–Crippen LogP) is 5.76. The molecular weight excluding hydrogens is 529 g/mol. The van der Waals surface area contributed by atoms with Gasteiger partial charge in [-0.25, -0.2) is 40.3 Å². The number of aromatic nitrogens is 3. The highest BCUT2D eigenvalue weighted by Crippen LogP contribution is 2.34. The first kappa shape index (κ1) is 25.4. The number of nitrogens with one attached hydrogen (secondary N) is 1. The second kappa shape index (κ2) is 8.94. The van der Waals surface area contributed by atoms with Gasteiger partial charge in [0.25, 0.3) is 10.0 Å². The van der Waals surface area contributed by atoms with Crippen molar-refractivity contribution in [3.05, 3.63) is 89.1 Å². The summed E-state index contributed by atoms with van der Waals surface area (Å²) in [6.45, 7) is 2.67. The highest BCUT2D eigenvalue weighted by atomic mass is 32.2. The summed E-state index contributed by atoms with van der Waals surface area (Å²) in [5, 5.41) is 3.18. The second-order valence-corrected chi connectivity index (χ2v) is 10.4. The molecule has 5 aromatic rings. The molecule has 3 aromatic carbocycles. The minimum atomic E-state index is -5.09. The maximum Gasteiger partial charge on any atom is 0.267 e. The van der Waals surface area contributed by atoms with Gasteiger partial charge in [0, 0.05) is 24.4 Å². The molecule has 0 atom stereocenters. The summed E-state index contributed by atoms with van der Waals surface area (Å²) in [4.78, 5) is 7.14. The number of aryl methyl sites for hydroxylation is 1. The van der Waals surface area contributed by atoms with Gasteiger partial charge in [-0.2, -0.15) is 0 Å². The van der Waals surface area contributed by atoms with Crippen LogP contribution in [-0.4, -0.2) is 29.8 Å². The van der Waals surface area contributed by atoms with E-state index >= 15 is 4.39 Å². The summed E-state index contributed by atoms with van der Waals surface area (Å²) in [6, 6.07) is 9.52. The SMILES string of the molecule is Cc1ccccc1Nc1nc2cc(F)c(N(C)S(=O)(=O)c3c(C)c(F)c(F)c(F)c3F)cc2n2cncc12. The van der Waals surface area contributed by atoms with Crippen LogP contribution in [0.3, 0.4) is 0 Å². The van der Waals surface area contributed by atoms with E-state index < -0.39 is 55.3 Å². The predicted molar refractivity (Wildman–Crippen MR) is 132 cm³/mol. The zero-order valence-electron chi connectivity index (χ0n) is 20.0. The second-order valence-electron chi connectivity index (χ2n) is 8.52. The number of anilines is 3. The van der Waals surface area contributed by atoms with Crippen LogP contribution in [-0.2, 0) is 10.0 Å². The van der Waals surface area contributed by atoms with Crippen molar-refractivity contribution in [1.82, 2.24) is 14.4 Å². The van der Waals surface area contributed by atoms with Crippen LogP contribution in [0, 0.1) is 42.9 Å². The molecule has 2 aromatic heterocycles. The van der Waals surface area contributed by atoms with Crippen LogP contribution in [0.2, 0.25) is 0 Å². The summed E-state index contributed by atoms with van der Waals surface area (Å²) >= 11 is 0. The standard InChI is InChI=1S/C25H18F5N5O2S/c1-12-6-4-5-7-15(12)32-25-19-10-31-11-35(19)18-9-17(14(26)8-16(18)33-25)34(3)38(36,37)24-13(2)20(27)21(28)22(29)23(24)30/h4-11H,1-3H3,(H,32,33). The number of rotatable bonds is 5. The van der Waals surface area contributed by atoms with Gasteiger partial charge >= 0.3 is 0 Å². The smallest absolute Gasteiger partial charge is 0.267 e. The van der Waals surface area contributed by atoms with Crippen molar-refractivity contribution in [2.75, 3.05) is 16.7 Å². The van der Waals surface area contributed by atoms with E-state index in [0.717, 1.165) is 37.4 Å². The zero-order chi connectivity index (χ0) is 27.5. The molecule has 0 amide bonds. The van der Waals surface area contributed by atoms with Crippen LogP contribution in [0.1, 0.15) is 11.1 Å². The molecular formula is C25H18F5N5O2S. The molecule has 0 spiro atoms. The third-order valence-corrected chi connectivity index (χ3v) is 8.14. The van der Waals surface area contributed by atoms with Crippen molar-refractivity contribution in [2.45, 2.75) is 18.7 Å². The summed E-state index contributed by atoms with van der Waals surface area (Å²) in [7, 11) is -4.21. The minimum absolute atomic E-state index is 0.125. The van der Waals surface area contributed by atoms with Gasteiger partial charge in [-0.1, -0.05) is 18.2 Å². The highest BCUT2D eigenvalue weighted by molar-refractivity contribution is 7.92. The van der Waals surface area contributed by atoms with Crippen molar-refractivity contribution in [3.8, 4) is 0 Å². The molecule has 7 nitrogen and oxygen atoms in total. The Hall–Kier alpha value is -4.26. The third-order valence-electron chi connectivity index (χ3n) is 6.22. The summed E-state index contributed by atoms with van der Waals surface area (Å²) < 4.78 is 99.7. The first-order valence-corrected chi connectivity index (χ1v) is 12.5. The lowest BCUT2D eigenvalue weighted by Gasteiger charge is -2.22. The van der Waals surface area contributed by atoms with Gasteiger partial charge in [0.05, 0.1) is 29.2 Å². The van der Waals surface area contributed by atoms with Crippen molar-refractivity contribution in [2.24, 2.45) is 0 Å². The number of hydrogen-bond donors (Lipinski definition) is 1. The van der Waals surface area contributed by atoms with Gasteiger partial charge in [-0.15, -0.1) is 0 Å². The normalized spacial score (nSPS) is 11.9. The van der Waals surface area contributed by atoms with Crippen molar-refractivity contribution in [1.29, 1.82) is 0 Å². The fourth-order valence-corrected chi connectivity index (χ4v) is 5.60. The Kier molecular flexibility index (Phi) is 5.97. The number of benzene rings is 3. The Balaban J connectivity index is 1.67. The van der Waals surface area contributed by atoms with E-state index in [0.29, 0.717) is 15.6 Å². The Morgan fingerprint density at radius 3 is 2.32 bits per heavy atom. The van der Waals surface area contributed by atoms with Crippen LogP contribution in [0.25, 0.3) is 16.6 Å². The van der Waals surface area contributed by atoms with Gasteiger partial charge < -0.3 is 5.32 Å². The maximum absolute atomic E-state index is 15.3. The number of sulfonamides is 1. The molecule has 0 saturated heterocycles. The lowest BCUT2D eigenvalue weighted by molar-refractivity contribution is 0.392. The Labute approximate surface area is 213 Å². The number of fused-ring (bicyclic) bond motifs is 3. The topological polar surface area (TPSA) is 79.6 Å². The van der Waals surface area contributed by atoms with Crippen LogP contribution in [0.4, 0.5) is 39.1 Å². The van der Waals surface area contributed by atoms with E-state index in [1.807, 2.05) is 31.2 Å². The van der Waals surface area contributed by atoms with Crippen molar-refractivity contribution in [3.63, 3.8) is 0 Å². The molecule has 0 radical (unpaired) electrons. The molecule has 0 aliphatic heterocycles. The molecule has 0 aliphatic carbocycles. The molecule has 2 heterocycles. The number of imidazole rings is 1. The number of nitrogens with zero attached hydrogens (tertiary/aromatic N) is 4. The first-order valence-electron chi connectivity index (χ1n) is 11.0. The number of hydrogen-bond acceptors (Lipinski definition) is 5. The van der Waals surface area contributed by atoms with Crippen LogP contribution in [0.15, 0.2) is 53.8 Å². The van der Waals surface area contributed by atoms with Crippen molar-refractivity contribution >= 4 is 43.8 Å². The van der Waals surface area contributed by atoms with Gasteiger partial charge in [0.2, 0.25) is 0 Å². The van der Waals surface area contributed by atoms with Gasteiger partial charge in [0.1, 0.15) is 16.2 Å². The van der Waals surface area contributed by atoms with Crippen LogP contribution >= 0.6 is 0 Å². The van der Waals surface area contributed by atoms with Crippen molar-refractivity contribution < 1.29 is 30.4 Å². The molecule has 5 rings (SSSR count). The Morgan fingerprint density at radius 1 is 0.921 bits per heavy atom. The van der Waals surface area contributed by atoms with E-state index in [1.165, 1.54) is 16.9 Å². The molecule has 0 saturated carbocycles. The van der Waals surface area contributed by atoms with E-state index in [-0.39, 0.29) is 11.0 Å². The first-order chi connectivity index (χ1) is 17.9. The molecule has 0 fully saturated rings. The Bertz CT molecular complexity index is 1850. The third kappa shape index (κ3) is 3.81. The lowest BCUT2D eigenvalue weighted by atomic mass is 10.2. The molecule has 13 heteroatoms. The molecule has 196 valence electrons. The molecule has 38 heavy (non-hydrogen) atoms. The fraction of sp³-hybridized carbons (Fsp3) is 0.120. The zero-order valence-corrected chi connectivity index (χ0v) is 20.8. The lowest BCUT2D eigenvalue weighted by Crippen LogP contribution is -2.30. The minimum Gasteiger partial charge on any atom is -0.338 e. The number of halogens is 5.